The lowest BCUT2D eigenvalue weighted by atomic mass is 9.49. The van der Waals surface area contributed by atoms with Crippen LogP contribution in [-0.4, -0.2) is 14.8 Å². The molecule has 6 rings (SSSR count). The first-order valence-corrected chi connectivity index (χ1v) is 10.5. The molecule has 134 valence electrons. The Labute approximate surface area is 158 Å². The molecule has 2 aromatic rings. The number of aromatic nitrogens is 3. The number of aryl methyl sites for hydroxylation is 1. The van der Waals surface area contributed by atoms with Gasteiger partial charge in [0.05, 0.1) is 17.5 Å². The minimum absolute atomic E-state index is 0.300. The van der Waals surface area contributed by atoms with E-state index in [4.69, 9.17) is 4.98 Å². The molecule has 4 saturated carbocycles. The van der Waals surface area contributed by atoms with Crippen LogP contribution in [0.2, 0.25) is 0 Å². The molecule has 0 spiro atoms. The first-order valence-electron chi connectivity index (χ1n) is 9.63. The van der Waals surface area contributed by atoms with E-state index in [0.29, 0.717) is 11.0 Å². The van der Waals surface area contributed by atoms with Crippen LogP contribution in [0.4, 0.5) is 0 Å². The van der Waals surface area contributed by atoms with Crippen LogP contribution >= 0.6 is 11.3 Å². The van der Waals surface area contributed by atoms with Gasteiger partial charge in [-0.05, 0) is 69.3 Å². The van der Waals surface area contributed by atoms with Gasteiger partial charge in [-0.25, -0.2) is 4.98 Å². The Bertz CT molecular complexity index is 891. The largest absolute Gasteiger partial charge is 0.272 e. The van der Waals surface area contributed by atoms with Crippen LogP contribution in [-0.2, 0) is 12.5 Å². The van der Waals surface area contributed by atoms with Gasteiger partial charge >= 0.3 is 0 Å². The summed E-state index contributed by atoms with van der Waals surface area (Å²) in [6, 6.07) is 2.36. The highest BCUT2D eigenvalue weighted by molar-refractivity contribution is 7.11. The molecule has 0 saturated heterocycles. The van der Waals surface area contributed by atoms with Gasteiger partial charge in [0, 0.05) is 29.1 Å². The lowest BCUT2D eigenvalue weighted by Gasteiger charge is -2.56. The molecular weight excluding hydrogens is 340 g/mol. The van der Waals surface area contributed by atoms with E-state index in [1.165, 1.54) is 44.2 Å². The Balaban J connectivity index is 1.48. The number of hydrogen-bond donors (Lipinski definition) is 0. The lowest BCUT2D eigenvalue weighted by molar-refractivity contribution is -0.00694. The SMILES string of the molecule is Cc1c(C=C(C#N)c2nc(C34CC5CC(CC(C5)C3)C4)cs2)cnn1C. The van der Waals surface area contributed by atoms with Crippen LogP contribution < -0.4 is 0 Å². The normalized spacial score (nSPS) is 32.8. The van der Waals surface area contributed by atoms with Gasteiger partial charge in [0.15, 0.2) is 0 Å². The van der Waals surface area contributed by atoms with E-state index in [0.717, 1.165) is 34.0 Å². The Hall–Kier alpha value is -1.93. The fraction of sp³-hybridized carbons (Fsp3) is 0.571. The number of allylic oxidation sites excluding steroid dienone is 1. The minimum atomic E-state index is 0.300. The highest BCUT2D eigenvalue weighted by Gasteiger charge is 2.52. The molecule has 4 aliphatic carbocycles. The molecular formula is C21H24N4S. The van der Waals surface area contributed by atoms with Crippen molar-refractivity contribution in [2.45, 2.75) is 50.9 Å². The fourth-order valence-electron chi connectivity index (χ4n) is 6.02. The Morgan fingerprint density at radius 1 is 1.27 bits per heavy atom. The molecule has 0 atom stereocenters. The van der Waals surface area contributed by atoms with Gasteiger partial charge in [0.25, 0.3) is 0 Å². The summed E-state index contributed by atoms with van der Waals surface area (Å²) in [5.74, 6) is 2.74. The molecule has 26 heavy (non-hydrogen) atoms. The molecule has 4 bridgehead atoms. The van der Waals surface area contributed by atoms with E-state index >= 15 is 0 Å². The monoisotopic (exact) mass is 364 g/mol. The number of hydrogen-bond acceptors (Lipinski definition) is 4. The average molecular weight is 365 g/mol. The molecule has 4 nitrogen and oxygen atoms in total. The van der Waals surface area contributed by atoms with Crippen LogP contribution in [0.15, 0.2) is 11.6 Å². The fourth-order valence-corrected chi connectivity index (χ4v) is 6.93. The van der Waals surface area contributed by atoms with Crippen molar-refractivity contribution in [3.05, 3.63) is 33.5 Å². The van der Waals surface area contributed by atoms with Crippen LogP contribution in [0, 0.1) is 36.0 Å². The second-order valence-corrected chi connectivity index (χ2v) is 9.57. The molecule has 2 heterocycles. The van der Waals surface area contributed by atoms with E-state index in [1.807, 2.05) is 30.9 Å². The van der Waals surface area contributed by atoms with E-state index < -0.39 is 0 Å². The van der Waals surface area contributed by atoms with Crippen molar-refractivity contribution in [2.75, 3.05) is 0 Å². The minimum Gasteiger partial charge on any atom is -0.272 e. The number of thiazole rings is 1. The molecule has 2 aromatic heterocycles. The number of rotatable bonds is 3. The standard InChI is InChI=1S/C21H24N4S/c1-13-18(11-23-25(13)2)6-17(10-22)20-24-19(12-26-20)21-7-14-3-15(8-21)5-16(4-14)9-21/h6,11-12,14-16H,3-5,7-9H2,1-2H3. The molecule has 0 aliphatic heterocycles. The quantitative estimate of drug-likeness (QED) is 0.741. The second kappa shape index (κ2) is 5.79. The Morgan fingerprint density at radius 3 is 2.46 bits per heavy atom. The second-order valence-electron chi connectivity index (χ2n) is 8.71. The van der Waals surface area contributed by atoms with Gasteiger partial charge in [0.2, 0.25) is 0 Å². The predicted octanol–water partition coefficient (Wildman–Crippen LogP) is 4.72. The highest BCUT2D eigenvalue weighted by atomic mass is 32.1. The summed E-state index contributed by atoms with van der Waals surface area (Å²) in [4.78, 5) is 5.00. The van der Waals surface area contributed by atoms with Crippen LogP contribution in [0.3, 0.4) is 0 Å². The molecule has 0 radical (unpaired) electrons. The third kappa shape index (κ3) is 2.46. The van der Waals surface area contributed by atoms with E-state index in [2.05, 4.69) is 16.5 Å². The summed E-state index contributed by atoms with van der Waals surface area (Å²) in [6.45, 7) is 2.02. The molecule has 0 amide bonds. The van der Waals surface area contributed by atoms with Gasteiger partial charge in [0.1, 0.15) is 11.1 Å². The molecule has 0 N–H and O–H groups in total. The van der Waals surface area contributed by atoms with Crippen molar-refractivity contribution >= 4 is 23.0 Å². The third-order valence-corrected chi connectivity index (χ3v) is 7.89. The van der Waals surface area contributed by atoms with E-state index in [-0.39, 0.29) is 0 Å². The summed E-state index contributed by atoms with van der Waals surface area (Å²) in [7, 11) is 1.92. The molecule has 4 aliphatic rings. The van der Waals surface area contributed by atoms with E-state index in [1.54, 1.807) is 11.3 Å². The van der Waals surface area contributed by atoms with Crippen molar-refractivity contribution in [2.24, 2.45) is 24.8 Å². The van der Waals surface area contributed by atoms with Gasteiger partial charge in [-0.3, -0.25) is 4.68 Å². The molecule has 4 fully saturated rings. The highest BCUT2D eigenvalue weighted by Crippen LogP contribution is 2.60. The van der Waals surface area contributed by atoms with Gasteiger partial charge in [-0.15, -0.1) is 11.3 Å². The van der Waals surface area contributed by atoms with E-state index in [9.17, 15) is 5.26 Å². The summed E-state index contributed by atoms with van der Waals surface area (Å²) < 4.78 is 1.84. The first kappa shape index (κ1) is 16.3. The Morgan fingerprint density at radius 2 is 1.92 bits per heavy atom. The molecule has 0 aromatic carbocycles. The third-order valence-electron chi connectivity index (χ3n) is 7.01. The van der Waals surface area contributed by atoms with Crippen molar-refractivity contribution < 1.29 is 0 Å². The van der Waals surface area contributed by atoms with Gasteiger partial charge in [-0.1, -0.05) is 0 Å². The van der Waals surface area contributed by atoms with Crippen LogP contribution in [0.5, 0.6) is 0 Å². The first-order chi connectivity index (χ1) is 12.6. The van der Waals surface area contributed by atoms with Gasteiger partial charge < -0.3 is 0 Å². The topological polar surface area (TPSA) is 54.5 Å². The van der Waals surface area contributed by atoms with Crippen molar-refractivity contribution in [1.29, 1.82) is 5.26 Å². The average Bonchev–Trinajstić information content (AvgIpc) is 3.21. The van der Waals surface area contributed by atoms with Crippen molar-refractivity contribution in [3.8, 4) is 6.07 Å². The Kier molecular flexibility index (Phi) is 3.62. The van der Waals surface area contributed by atoms with Crippen LogP contribution in [0.1, 0.15) is 60.5 Å². The summed E-state index contributed by atoms with van der Waals surface area (Å²) in [5.41, 5.74) is 4.28. The zero-order valence-electron chi connectivity index (χ0n) is 15.4. The number of nitrogens with zero attached hydrogens (tertiary/aromatic N) is 4. The van der Waals surface area contributed by atoms with Crippen molar-refractivity contribution in [1.82, 2.24) is 14.8 Å². The lowest BCUT2D eigenvalue weighted by Crippen LogP contribution is -2.48. The summed E-state index contributed by atoms with van der Waals surface area (Å²) in [5, 5.41) is 17.1. The van der Waals surface area contributed by atoms with Crippen LogP contribution in [0.25, 0.3) is 11.6 Å². The maximum absolute atomic E-state index is 9.70. The predicted molar refractivity (Wildman–Crippen MR) is 103 cm³/mol. The molecule has 0 unspecified atom stereocenters. The maximum Gasteiger partial charge on any atom is 0.134 e. The summed E-state index contributed by atoms with van der Waals surface area (Å²) >= 11 is 1.63. The zero-order chi connectivity index (χ0) is 17.9. The number of nitriles is 1. The molecule has 5 heteroatoms. The summed E-state index contributed by atoms with van der Waals surface area (Å²) in [6.07, 6.45) is 12.0. The maximum atomic E-state index is 9.70. The van der Waals surface area contributed by atoms with Crippen molar-refractivity contribution in [3.63, 3.8) is 0 Å². The smallest absolute Gasteiger partial charge is 0.134 e. The zero-order valence-corrected chi connectivity index (χ0v) is 16.2. The van der Waals surface area contributed by atoms with Gasteiger partial charge in [-0.2, -0.15) is 10.4 Å².